The smallest absolute Gasteiger partial charge is 0.00292 e. The first-order valence-electron chi connectivity index (χ1n) is 12.2. The van der Waals surface area contributed by atoms with Crippen molar-refractivity contribution in [3.05, 3.63) is 132 Å². The molecular formula is C34H38. The van der Waals surface area contributed by atoms with Gasteiger partial charge in [-0.3, -0.25) is 0 Å². The molecule has 0 radical (unpaired) electrons. The lowest BCUT2D eigenvalue weighted by atomic mass is 9.93. The lowest BCUT2D eigenvalue weighted by molar-refractivity contribution is 0.734. The van der Waals surface area contributed by atoms with Gasteiger partial charge >= 0.3 is 0 Å². The minimum absolute atomic E-state index is 0.854. The molecule has 0 unspecified atom stereocenters. The standard InChI is InChI=1S/C34H38/c1-24(2)26(5)10-8-9-11-29-12-16-31(17-13-29)33-20-21-34(28(7)23-33)32-18-14-30(15-19-32)22-27(6)25(3)4/h12-21,23H,1,3,5-6,8-11,22H2,2,4,7H3. The lowest BCUT2D eigenvalue weighted by Crippen LogP contribution is -1.91. The Morgan fingerprint density at radius 3 is 1.76 bits per heavy atom. The number of rotatable bonds is 11. The lowest BCUT2D eigenvalue weighted by Gasteiger charge is -2.11. The van der Waals surface area contributed by atoms with Gasteiger partial charge in [0.05, 0.1) is 0 Å². The van der Waals surface area contributed by atoms with Crippen LogP contribution in [0, 0.1) is 6.92 Å². The van der Waals surface area contributed by atoms with Crippen molar-refractivity contribution in [1.29, 1.82) is 0 Å². The highest BCUT2D eigenvalue weighted by Crippen LogP contribution is 2.29. The van der Waals surface area contributed by atoms with Crippen LogP contribution in [0.25, 0.3) is 22.3 Å². The number of hydrogen-bond donors (Lipinski definition) is 0. The Morgan fingerprint density at radius 1 is 0.618 bits per heavy atom. The molecule has 0 aliphatic heterocycles. The van der Waals surface area contributed by atoms with Crippen molar-refractivity contribution in [3.8, 4) is 22.3 Å². The molecule has 0 aromatic heterocycles. The molecule has 0 saturated carbocycles. The molecule has 0 aliphatic carbocycles. The van der Waals surface area contributed by atoms with Crippen LogP contribution in [0.2, 0.25) is 0 Å². The second-order valence-corrected chi connectivity index (χ2v) is 9.58. The zero-order chi connectivity index (χ0) is 24.7. The first-order chi connectivity index (χ1) is 16.2. The zero-order valence-corrected chi connectivity index (χ0v) is 21.2. The van der Waals surface area contributed by atoms with Crippen LogP contribution in [-0.2, 0) is 12.8 Å². The monoisotopic (exact) mass is 446 g/mol. The molecule has 0 bridgehead atoms. The first-order valence-corrected chi connectivity index (χ1v) is 12.2. The largest absolute Gasteiger partial charge is 0.0959 e. The second-order valence-electron chi connectivity index (χ2n) is 9.58. The maximum absolute atomic E-state index is 4.11. The fourth-order valence-corrected chi connectivity index (χ4v) is 4.11. The van der Waals surface area contributed by atoms with Gasteiger partial charge < -0.3 is 0 Å². The number of allylic oxidation sites excluding steroid dienone is 4. The van der Waals surface area contributed by atoms with Gasteiger partial charge in [0, 0.05) is 0 Å². The van der Waals surface area contributed by atoms with Crippen LogP contribution in [0.5, 0.6) is 0 Å². The van der Waals surface area contributed by atoms with Crippen molar-refractivity contribution in [2.24, 2.45) is 0 Å². The summed E-state index contributed by atoms with van der Waals surface area (Å²) in [5.41, 5.74) is 13.4. The van der Waals surface area contributed by atoms with Crippen LogP contribution in [0.1, 0.15) is 49.8 Å². The molecule has 0 N–H and O–H groups in total. The third-order valence-corrected chi connectivity index (χ3v) is 6.60. The molecule has 3 aromatic carbocycles. The van der Waals surface area contributed by atoms with E-state index < -0.39 is 0 Å². The van der Waals surface area contributed by atoms with Gasteiger partial charge in [0.2, 0.25) is 0 Å². The highest BCUT2D eigenvalue weighted by atomic mass is 14.1. The number of hydrogen-bond acceptors (Lipinski definition) is 0. The maximum atomic E-state index is 4.11. The highest BCUT2D eigenvalue weighted by Gasteiger charge is 2.06. The normalized spacial score (nSPS) is 10.7. The van der Waals surface area contributed by atoms with Crippen molar-refractivity contribution in [2.75, 3.05) is 0 Å². The molecule has 0 amide bonds. The summed E-state index contributed by atoms with van der Waals surface area (Å²) in [7, 11) is 0. The van der Waals surface area contributed by atoms with Crippen molar-refractivity contribution >= 4 is 0 Å². The van der Waals surface area contributed by atoms with Gasteiger partial charge in [-0.25, -0.2) is 0 Å². The quantitative estimate of drug-likeness (QED) is 0.203. The summed E-state index contributed by atoms with van der Waals surface area (Å²) in [4.78, 5) is 0. The van der Waals surface area contributed by atoms with Crippen molar-refractivity contribution in [2.45, 2.75) is 52.9 Å². The molecule has 3 aromatic rings. The van der Waals surface area contributed by atoms with E-state index in [0.29, 0.717) is 0 Å². The van der Waals surface area contributed by atoms with Gasteiger partial charge in [0.25, 0.3) is 0 Å². The van der Waals surface area contributed by atoms with Gasteiger partial charge in [-0.1, -0.05) is 110 Å². The molecular weight excluding hydrogens is 408 g/mol. The Hall–Kier alpha value is -3.38. The molecule has 0 atom stereocenters. The predicted octanol–water partition coefficient (Wildman–Crippen LogP) is 9.85. The van der Waals surface area contributed by atoms with E-state index in [-0.39, 0.29) is 0 Å². The fraction of sp³-hybridized carbons (Fsp3) is 0.235. The van der Waals surface area contributed by atoms with Gasteiger partial charge in [0.1, 0.15) is 0 Å². The minimum Gasteiger partial charge on any atom is -0.0959 e. The summed E-state index contributed by atoms with van der Waals surface area (Å²) in [5.74, 6) is 0. The van der Waals surface area contributed by atoms with E-state index in [4.69, 9.17) is 0 Å². The molecule has 0 nitrogen and oxygen atoms in total. The summed E-state index contributed by atoms with van der Waals surface area (Å²) in [5, 5.41) is 0. The third kappa shape index (κ3) is 6.81. The van der Waals surface area contributed by atoms with Gasteiger partial charge in [-0.2, -0.15) is 0 Å². The van der Waals surface area contributed by atoms with Crippen LogP contribution in [0.15, 0.2) is 115 Å². The van der Waals surface area contributed by atoms with Crippen molar-refractivity contribution in [1.82, 2.24) is 0 Å². The second kappa shape index (κ2) is 11.7. The third-order valence-electron chi connectivity index (χ3n) is 6.60. The van der Waals surface area contributed by atoms with Crippen molar-refractivity contribution < 1.29 is 0 Å². The van der Waals surface area contributed by atoms with E-state index >= 15 is 0 Å². The molecule has 0 fully saturated rings. The molecule has 0 heterocycles. The zero-order valence-electron chi connectivity index (χ0n) is 21.2. The van der Waals surface area contributed by atoms with Crippen LogP contribution < -0.4 is 0 Å². The van der Waals surface area contributed by atoms with E-state index in [1.807, 2.05) is 13.8 Å². The van der Waals surface area contributed by atoms with E-state index in [0.717, 1.165) is 42.4 Å². The van der Waals surface area contributed by atoms with Gasteiger partial charge in [0.15, 0.2) is 0 Å². The summed E-state index contributed by atoms with van der Waals surface area (Å²) in [6.07, 6.45) is 5.35. The summed E-state index contributed by atoms with van der Waals surface area (Å²) in [6.45, 7) is 22.4. The SMILES string of the molecule is C=C(C)C(=C)CCCCc1ccc(-c2ccc(-c3ccc(CC(=C)C(=C)C)cc3)c(C)c2)cc1. The molecule has 0 saturated heterocycles. The van der Waals surface area contributed by atoms with Gasteiger partial charge in [-0.15, -0.1) is 0 Å². The van der Waals surface area contributed by atoms with E-state index in [1.54, 1.807) is 0 Å². The molecule has 0 aliphatic rings. The van der Waals surface area contributed by atoms with Crippen LogP contribution in [0.3, 0.4) is 0 Å². The van der Waals surface area contributed by atoms with Crippen LogP contribution in [-0.4, -0.2) is 0 Å². The number of aryl methyl sites for hydroxylation is 2. The first kappa shape index (κ1) is 25.2. The number of unbranched alkanes of at least 4 members (excludes halogenated alkanes) is 1. The molecule has 0 heteroatoms. The maximum Gasteiger partial charge on any atom is -0.00292 e. The Balaban J connectivity index is 1.63. The Bertz CT molecular complexity index is 1180. The summed E-state index contributed by atoms with van der Waals surface area (Å²) < 4.78 is 0. The Kier molecular flexibility index (Phi) is 8.66. The molecule has 34 heavy (non-hydrogen) atoms. The minimum atomic E-state index is 0.854. The van der Waals surface area contributed by atoms with Crippen molar-refractivity contribution in [3.63, 3.8) is 0 Å². The summed E-state index contributed by atoms with van der Waals surface area (Å²) in [6, 6.07) is 24.6. The Labute approximate surface area is 207 Å². The highest BCUT2D eigenvalue weighted by molar-refractivity contribution is 5.73. The molecule has 3 rings (SSSR count). The van der Waals surface area contributed by atoms with E-state index in [9.17, 15) is 0 Å². The Morgan fingerprint density at radius 2 is 1.18 bits per heavy atom. The summed E-state index contributed by atoms with van der Waals surface area (Å²) >= 11 is 0. The predicted molar refractivity (Wildman–Crippen MR) is 151 cm³/mol. The van der Waals surface area contributed by atoms with E-state index in [2.05, 4.69) is 100.0 Å². The van der Waals surface area contributed by atoms with Gasteiger partial charge in [-0.05, 0) is 97.4 Å². The van der Waals surface area contributed by atoms with Crippen LogP contribution in [0.4, 0.5) is 0 Å². The van der Waals surface area contributed by atoms with E-state index in [1.165, 1.54) is 50.9 Å². The average molecular weight is 447 g/mol. The van der Waals surface area contributed by atoms with Crippen LogP contribution >= 0.6 is 0 Å². The molecule has 174 valence electrons. The molecule has 0 spiro atoms. The average Bonchev–Trinajstić information content (AvgIpc) is 2.82. The fourth-order valence-electron chi connectivity index (χ4n) is 4.11. The topological polar surface area (TPSA) is 0 Å². The number of benzene rings is 3.